The Morgan fingerprint density at radius 1 is 0.230 bits per heavy atom. The summed E-state index contributed by atoms with van der Waals surface area (Å²) < 4.78 is 125. The fraction of sp³-hybridized carbons (Fsp3) is 0.244. The highest BCUT2D eigenvalue weighted by atomic mass is 32.2. The lowest BCUT2D eigenvalue weighted by Gasteiger charge is -2.38. The third kappa shape index (κ3) is 41.7. The molecule has 17 aromatic rings. The van der Waals surface area contributed by atoms with Crippen molar-refractivity contribution in [1.82, 2.24) is 0 Å². The molecule has 0 aliphatic carbocycles. The van der Waals surface area contributed by atoms with E-state index in [9.17, 15) is 39.0 Å². The first kappa shape index (κ1) is 133. The average molecular weight is 2060 g/mol. The van der Waals surface area contributed by atoms with Crippen LogP contribution in [0.5, 0.6) is 11.5 Å². The van der Waals surface area contributed by atoms with E-state index in [0.29, 0.717) is 20.9 Å². The van der Waals surface area contributed by atoms with Gasteiger partial charge in [0.2, 0.25) is 15.3 Å². The summed E-state index contributed by atoms with van der Waals surface area (Å²) in [5.41, 5.74) is 23.7. The van der Waals surface area contributed by atoms with Crippen LogP contribution >= 0.6 is 11.8 Å². The molecule has 13 heteroatoms. The third-order valence-electron chi connectivity index (χ3n) is 23.4. The molecular weight excluding hydrogens is 1900 g/mol. The Balaban J connectivity index is 0.000000833. The summed E-state index contributed by atoms with van der Waals surface area (Å²) in [7, 11) is -4.44. The Hall–Kier alpha value is -13.4. The zero-order valence-electron chi connectivity index (χ0n) is 84.1. The van der Waals surface area contributed by atoms with Crippen LogP contribution in [0.15, 0.2) is 442 Å². The minimum Gasteiger partial charge on any atom is -0.457 e. The summed E-state index contributed by atoms with van der Waals surface area (Å²) in [4.78, 5) is 4.98. The lowest BCUT2D eigenvalue weighted by atomic mass is 9.72. The van der Waals surface area contributed by atoms with Crippen LogP contribution in [0.4, 0.5) is 26.3 Å². The van der Waals surface area contributed by atoms with Crippen molar-refractivity contribution < 1.29 is 43.7 Å². The number of hydrogen-bond donors (Lipinski definition) is 0. The van der Waals surface area contributed by atoms with Crippen molar-refractivity contribution >= 4 is 32.4 Å². The summed E-state index contributed by atoms with van der Waals surface area (Å²) in [5.74, 6) is 1.76. The van der Waals surface area contributed by atoms with Gasteiger partial charge in [0, 0.05) is 25.0 Å². The lowest BCUT2D eigenvalue weighted by molar-refractivity contribution is -0.288. The van der Waals surface area contributed by atoms with E-state index in [-0.39, 0.29) is 64.8 Å². The van der Waals surface area contributed by atoms with Crippen molar-refractivity contribution in [3.05, 3.63) is 546 Å². The molecule has 0 aliphatic heterocycles. The Kier molecular flexibility index (Phi) is 56.7. The fourth-order valence-corrected chi connectivity index (χ4v) is 17.3. The van der Waals surface area contributed by atoms with E-state index in [1.54, 1.807) is 74.1 Å². The summed E-state index contributed by atoms with van der Waals surface area (Å²) in [6.07, 6.45) is -10.0. The van der Waals surface area contributed by atoms with Crippen LogP contribution in [0, 0.1) is 125 Å². The van der Waals surface area contributed by atoms with Crippen molar-refractivity contribution in [2.45, 2.75) is 257 Å². The first-order valence-corrected chi connectivity index (χ1v) is 50.1. The molecule has 17 rings (SSSR count). The van der Waals surface area contributed by atoms with Gasteiger partial charge in [-0.15, -0.1) is 0 Å². The average Bonchev–Trinajstić information content (AvgIpc) is 0.714. The van der Waals surface area contributed by atoms with Crippen LogP contribution in [0.2, 0.25) is 0 Å². The van der Waals surface area contributed by atoms with Gasteiger partial charge in [-0.2, -0.15) is 26.3 Å². The van der Waals surface area contributed by atoms with E-state index in [4.69, 9.17) is 4.74 Å². The maximum Gasteiger partial charge on any atom is 0.411 e. The number of sulfone groups is 1. The van der Waals surface area contributed by atoms with Crippen molar-refractivity contribution in [3.63, 3.8) is 0 Å². The molecule has 0 amide bonds. The van der Waals surface area contributed by atoms with Crippen LogP contribution in [0.3, 0.4) is 0 Å². The van der Waals surface area contributed by atoms with E-state index in [1.165, 1.54) is 145 Å². The molecule has 0 atom stereocenters. The van der Waals surface area contributed by atoms with Crippen LogP contribution in [0.1, 0.15) is 207 Å². The second kappa shape index (κ2) is 63.3. The highest BCUT2D eigenvalue weighted by Crippen LogP contribution is 2.56. The summed E-state index contributed by atoms with van der Waals surface area (Å²) in [6.45, 7) is 40.9. The van der Waals surface area contributed by atoms with Crippen LogP contribution < -0.4 is 4.74 Å². The van der Waals surface area contributed by atoms with Crippen molar-refractivity contribution in [2.75, 3.05) is 0 Å². The Bertz CT molecular complexity index is 6120. The first-order valence-electron chi connectivity index (χ1n) is 46.7. The van der Waals surface area contributed by atoms with Gasteiger partial charge in [0.1, 0.15) is 11.5 Å². The Labute approximate surface area is 895 Å². The zero-order valence-corrected chi connectivity index (χ0v) is 86.5. The number of aryl methyl sites for hydroxylation is 18. The van der Waals surface area contributed by atoms with Gasteiger partial charge in [0.15, 0.2) is 0 Å². The quantitative estimate of drug-likeness (QED) is 0.0958. The topological polar surface area (TPSA) is 60.4 Å². The predicted molar refractivity (Wildman–Crippen MR) is 630 cm³/mol. The number of rotatable bonds is 15. The lowest BCUT2D eigenvalue weighted by Crippen LogP contribution is -2.54. The maximum absolute atomic E-state index is 13.7. The summed E-state index contributed by atoms with van der Waals surface area (Å²) in [5, 5.41) is 0. The SMILES string of the molecule is C.C.C.C.C.C.C.C.Cc1ccc(-c2ccc(C)cc2)cc1.Cc1ccc(C(C)(C)c2ccc(C)cc2)cc1.Cc1ccc(C(c2ccc(C)cc2)(C(F)(F)F)C(F)(F)F)cc1.Cc1ccc(C)cc1.Cc1ccc(Cc2ccc(C)cc2)cc1.Cc1ccc(Oc2ccc(C)cc2)cc1.Cc1ccc(S(=O)(=O)c2ccc(C)cc2)cc1.Cc1ccc(S(=O)c2ccc(C)cc2)cc1.Cc1ccc(Sc2ccc(C)cc2)cc1. The molecule has 0 aromatic heterocycles. The van der Waals surface area contributed by atoms with E-state index in [2.05, 4.69) is 315 Å². The molecule has 0 fully saturated rings. The molecule has 148 heavy (non-hydrogen) atoms. The monoisotopic (exact) mass is 2060 g/mol. The Morgan fingerprint density at radius 3 is 0.615 bits per heavy atom. The van der Waals surface area contributed by atoms with Gasteiger partial charge in [-0.25, -0.2) is 12.6 Å². The van der Waals surface area contributed by atoms with E-state index < -0.39 is 49.5 Å². The molecule has 0 saturated carbocycles. The largest absolute Gasteiger partial charge is 0.457 e. The summed E-state index contributed by atoms with van der Waals surface area (Å²) in [6, 6.07) is 132. The van der Waals surface area contributed by atoms with E-state index in [1.807, 2.05) is 125 Å². The minimum absolute atomic E-state index is 0. The smallest absolute Gasteiger partial charge is 0.411 e. The summed E-state index contributed by atoms with van der Waals surface area (Å²) >= 11 is 1.80. The molecule has 0 saturated heterocycles. The Morgan fingerprint density at radius 2 is 0.399 bits per heavy atom. The van der Waals surface area contributed by atoms with Crippen LogP contribution in [-0.4, -0.2) is 25.0 Å². The van der Waals surface area contributed by atoms with Crippen molar-refractivity contribution in [1.29, 1.82) is 0 Å². The molecule has 0 bridgehead atoms. The minimum atomic E-state index is -5.53. The molecule has 0 N–H and O–H groups in total. The second-order valence-electron chi connectivity index (χ2n) is 36.4. The van der Waals surface area contributed by atoms with Gasteiger partial charge in [-0.1, -0.05) is 501 Å². The normalized spacial score (nSPS) is 10.4. The zero-order chi connectivity index (χ0) is 102. The van der Waals surface area contributed by atoms with E-state index >= 15 is 0 Å². The number of halogens is 6. The standard InChI is InChI=1S/C17H14F6.C17H20.C15H16.C14H14O2S.C14H14OS.C14H14O.C14H14S.C14H14.C8H10.8CH4/c1-11-3-7-13(8-4-11)15(16(18,19)20,17(21,22)23)14-9-5-12(2)6-10-14;1-13-5-9-15(10-6-13)17(3,4)16-11-7-14(2)8-12-16;1-12-3-7-14(8-4-12)11-15-9-5-13(2)6-10-15;1-11-3-7-13(8-4-11)17(15,16)14-9-5-12(2)6-10-14;1-11-3-7-13(8-4-11)16(15)14-9-5-12(2)6-10-14;2*1-11-3-7-13(8-4-11)15-14-9-5-12(2)6-10-14;1-11-3-7-13(8-4-11)14-9-5-12(2)6-10-14;1-7-3-5-8(2)6-4-7;;;;;;;;/h3-10H,1-2H3;5-12H,1-4H3;3-10H,11H2,1-2H3;3-10H,1-2H3;3-10H,1-2H3;2*3-10H,1-2H3;3-10H,1-2H3;3-6H,1-2H3;8*1H4. The second-order valence-corrected chi connectivity index (χ2v) is 40.9. The van der Waals surface area contributed by atoms with Gasteiger partial charge < -0.3 is 4.74 Å². The molecule has 786 valence electrons. The molecule has 0 unspecified atom stereocenters. The molecule has 0 aliphatic rings. The molecule has 4 nitrogen and oxygen atoms in total. The molecule has 0 heterocycles. The molecule has 0 spiro atoms. The van der Waals surface area contributed by atoms with Gasteiger partial charge in [-0.05, 0) is 273 Å². The number of benzene rings is 17. The number of hydrogen-bond acceptors (Lipinski definition) is 5. The highest BCUT2D eigenvalue weighted by molar-refractivity contribution is 7.99. The highest BCUT2D eigenvalue weighted by Gasteiger charge is 2.72. The molecule has 17 aromatic carbocycles. The van der Waals surface area contributed by atoms with Gasteiger partial charge >= 0.3 is 12.4 Å². The molecule has 0 radical (unpaired) electrons. The van der Waals surface area contributed by atoms with Gasteiger partial charge in [0.25, 0.3) is 0 Å². The fourth-order valence-electron chi connectivity index (χ4n) is 14.2. The third-order valence-corrected chi connectivity index (χ3v) is 27.6. The van der Waals surface area contributed by atoms with E-state index in [0.717, 1.165) is 63.1 Å². The van der Waals surface area contributed by atoms with Gasteiger partial charge in [0.05, 0.1) is 20.6 Å². The first-order chi connectivity index (χ1) is 66.4. The van der Waals surface area contributed by atoms with Crippen molar-refractivity contribution in [2.24, 2.45) is 0 Å². The number of ether oxygens (including phenoxy) is 1. The number of alkyl halides is 6. The van der Waals surface area contributed by atoms with Crippen LogP contribution in [0.25, 0.3) is 11.1 Å². The van der Waals surface area contributed by atoms with Gasteiger partial charge in [-0.3, -0.25) is 0 Å². The molecular formula is C135H162F6O4S3. The van der Waals surface area contributed by atoms with Crippen LogP contribution in [-0.2, 0) is 37.9 Å². The predicted octanol–water partition coefficient (Wildman–Crippen LogP) is 40.8. The maximum atomic E-state index is 13.7. The van der Waals surface area contributed by atoms with Crippen molar-refractivity contribution in [3.8, 4) is 22.6 Å².